The number of pyridine rings is 1. The largest absolute Gasteiger partial charge is 0.494 e. The Morgan fingerprint density at radius 1 is 1.08 bits per heavy atom. The molecule has 0 unspecified atom stereocenters. The highest BCUT2D eigenvalue weighted by atomic mass is 35.5. The molecule has 0 aliphatic rings. The van der Waals surface area contributed by atoms with E-state index in [2.05, 4.69) is 21.7 Å². The Kier molecular flexibility index (Phi) is 6.79. The number of benzene rings is 2. The molecule has 9 heteroatoms. The summed E-state index contributed by atoms with van der Waals surface area (Å²) < 4.78 is 7.98. The van der Waals surface area contributed by atoms with Crippen LogP contribution >= 0.6 is 22.9 Å². The van der Waals surface area contributed by atoms with E-state index >= 15 is 0 Å². The zero-order valence-corrected chi connectivity index (χ0v) is 20.9. The third-order valence-corrected chi connectivity index (χ3v) is 7.00. The van der Waals surface area contributed by atoms with Crippen molar-refractivity contribution in [1.29, 1.82) is 0 Å². The van der Waals surface area contributed by atoms with E-state index in [1.54, 1.807) is 54.4 Å². The van der Waals surface area contributed by atoms with Crippen molar-refractivity contribution in [1.82, 2.24) is 9.55 Å². The number of rotatable bonds is 8. The van der Waals surface area contributed by atoms with E-state index in [1.165, 1.54) is 11.3 Å². The van der Waals surface area contributed by atoms with Crippen LogP contribution in [0.4, 0.5) is 11.4 Å². The fourth-order valence-corrected chi connectivity index (χ4v) is 5.06. The quantitative estimate of drug-likeness (QED) is 0.222. The molecule has 0 radical (unpaired) electrons. The van der Waals surface area contributed by atoms with Gasteiger partial charge in [0.1, 0.15) is 0 Å². The summed E-state index contributed by atoms with van der Waals surface area (Å²) in [6.07, 6.45) is 3.49. The van der Waals surface area contributed by atoms with Gasteiger partial charge in [-0.3, -0.25) is 14.3 Å². The summed E-state index contributed by atoms with van der Waals surface area (Å²) in [5, 5.41) is 18.6. The molecule has 3 heterocycles. The van der Waals surface area contributed by atoms with Gasteiger partial charge in [-0.25, -0.2) is 0 Å². The Balaban J connectivity index is 1.43. The van der Waals surface area contributed by atoms with Gasteiger partial charge < -0.3 is 20.5 Å². The molecule has 3 aromatic heterocycles. The third-order valence-electron chi connectivity index (χ3n) is 5.77. The predicted molar refractivity (Wildman–Crippen MR) is 145 cm³/mol. The van der Waals surface area contributed by atoms with Crippen LogP contribution in [0.1, 0.15) is 20.8 Å². The molecular formula is C27H23ClN4O3S. The van der Waals surface area contributed by atoms with Crippen LogP contribution in [-0.4, -0.2) is 27.7 Å². The minimum Gasteiger partial charge on any atom is -0.494 e. The van der Waals surface area contributed by atoms with Crippen molar-refractivity contribution in [3.63, 3.8) is 0 Å². The molecule has 5 rings (SSSR count). The molecule has 0 aliphatic heterocycles. The van der Waals surface area contributed by atoms with Crippen LogP contribution in [0.15, 0.2) is 79.1 Å². The fraction of sp³-hybridized carbons (Fsp3) is 0.111. The van der Waals surface area contributed by atoms with Crippen LogP contribution in [0.5, 0.6) is 11.8 Å². The standard InChI is InChI=1S/C27H23ClN4O3S/c1-35-27-24-20(6-3-7-21(24)31-25(33)22-8-9-23(28)36-22)26(34)32(27)16-18-5-2-4-17(14-18)15-30-19-10-12-29-13-11-19/h2-14,34H,15-16H2,1H3,(H,29,30)(H,31,33). The van der Waals surface area contributed by atoms with Gasteiger partial charge in [0.25, 0.3) is 5.91 Å². The van der Waals surface area contributed by atoms with Crippen molar-refractivity contribution < 1.29 is 14.6 Å². The maximum Gasteiger partial charge on any atom is 0.265 e. The molecular weight excluding hydrogens is 496 g/mol. The lowest BCUT2D eigenvalue weighted by Crippen LogP contribution is -2.10. The van der Waals surface area contributed by atoms with Gasteiger partial charge in [0.05, 0.1) is 33.9 Å². The SMILES string of the molecule is COc1c2c(NC(=O)c3ccc(Cl)s3)cccc2c(O)n1Cc1cccc(CNc2ccncc2)c1. The van der Waals surface area contributed by atoms with Crippen molar-refractivity contribution in [3.05, 3.63) is 99.5 Å². The Morgan fingerprint density at radius 2 is 1.86 bits per heavy atom. The zero-order valence-electron chi connectivity index (χ0n) is 19.4. The summed E-state index contributed by atoms with van der Waals surface area (Å²) in [6.45, 7) is 1.04. The highest BCUT2D eigenvalue weighted by molar-refractivity contribution is 7.18. The second-order valence-corrected chi connectivity index (χ2v) is 9.83. The first-order valence-electron chi connectivity index (χ1n) is 11.2. The van der Waals surface area contributed by atoms with Crippen LogP contribution in [-0.2, 0) is 13.1 Å². The van der Waals surface area contributed by atoms with Gasteiger partial charge in [0.15, 0.2) is 0 Å². The molecule has 0 saturated heterocycles. The van der Waals surface area contributed by atoms with Gasteiger partial charge in [-0.05, 0) is 47.5 Å². The number of nitrogens with zero attached hydrogens (tertiary/aromatic N) is 2. The molecule has 1 amide bonds. The van der Waals surface area contributed by atoms with Crippen molar-refractivity contribution in [2.75, 3.05) is 17.7 Å². The number of methoxy groups -OCH3 is 1. The average molecular weight is 519 g/mol. The normalized spacial score (nSPS) is 10.9. The van der Waals surface area contributed by atoms with Crippen LogP contribution < -0.4 is 15.4 Å². The van der Waals surface area contributed by atoms with E-state index in [4.69, 9.17) is 16.3 Å². The minimum absolute atomic E-state index is 0.0671. The lowest BCUT2D eigenvalue weighted by atomic mass is 10.1. The number of nitrogens with one attached hydrogen (secondary N) is 2. The zero-order chi connectivity index (χ0) is 25.1. The summed E-state index contributed by atoms with van der Waals surface area (Å²) in [4.78, 5) is 17.3. The second-order valence-electron chi connectivity index (χ2n) is 8.11. The van der Waals surface area contributed by atoms with Crippen LogP contribution in [0.3, 0.4) is 0 Å². The van der Waals surface area contributed by atoms with Crippen molar-refractivity contribution in [3.8, 4) is 11.8 Å². The first-order chi connectivity index (χ1) is 17.5. The number of carbonyl (C=O) groups excluding carboxylic acids is 1. The monoisotopic (exact) mass is 518 g/mol. The van der Waals surface area contributed by atoms with Crippen molar-refractivity contribution in [2.24, 2.45) is 0 Å². The maximum absolute atomic E-state index is 12.8. The molecule has 7 nitrogen and oxygen atoms in total. The number of hydrogen-bond donors (Lipinski definition) is 3. The molecule has 2 aromatic carbocycles. The van der Waals surface area contributed by atoms with E-state index < -0.39 is 0 Å². The smallest absolute Gasteiger partial charge is 0.265 e. The fourth-order valence-electron chi connectivity index (χ4n) is 4.12. The van der Waals surface area contributed by atoms with Crippen LogP contribution in [0.2, 0.25) is 4.34 Å². The highest BCUT2D eigenvalue weighted by Gasteiger charge is 2.22. The summed E-state index contributed by atoms with van der Waals surface area (Å²) in [7, 11) is 1.55. The molecule has 0 bridgehead atoms. The lowest BCUT2D eigenvalue weighted by Gasteiger charge is -2.12. The van der Waals surface area contributed by atoms with Gasteiger partial charge in [-0.2, -0.15) is 0 Å². The average Bonchev–Trinajstić information content (AvgIpc) is 3.45. The van der Waals surface area contributed by atoms with Gasteiger partial charge >= 0.3 is 0 Å². The van der Waals surface area contributed by atoms with Crippen LogP contribution in [0, 0.1) is 0 Å². The van der Waals surface area contributed by atoms with E-state index in [-0.39, 0.29) is 11.8 Å². The number of thiophene rings is 1. The molecule has 0 saturated carbocycles. The van der Waals surface area contributed by atoms with Crippen molar-refractivity contribution >= 4 is 51.0 Å². The highest BCUT2D eigenvalue weighted by Crippen LogP contribution is 2.42. The van der Waals surface area contributed by atoms with E-state index in [0.29, 0.717) is 44.6 Å². The topological polar surface area (TPSA) is 88.4 Å². The Bertz CT molecular complexity index is 1530. The number of ether oxygens (including phenoxy) is 1. The number of fused-ring (bicyclic) bond motifs is 1. The molecule has 36 heavy (non-hydrogen) atoms. The number of amides is 1. The second kappa shape index (κ2) is 10.3. The molecule has 3 N–H and O–H groups in total. The summed E-state index contributed by atoms with van der Waals surface area (Å²) >= 11 is 7.19. The first kappa shape index (κ1) is 23.7. The van der Waals surface area contributed by atoms with Gasteiger partial charge in [0.2, 0.25) is 11.8 Å². The van der Waals surface area contributed by atoms with E-state index in [9.17, 15) is 9.90 Å². The van der Waals surface area contributed by atoms with Gasteiger partial charge in [0, 0.05) is 30.0 Å². The summed E-state index contributed by atoms with van der Waals surface area (Å²) in [5.74, 6) is 0.253. The van der Waals surface area contributed by atoms with Crippen LogP contribution in [0.25, 0.3) is 10.8 Å². The third kappa shape index (κ3) is 4.86. The molecule has 182 valence electrons. The molecule has 0 atom stereocenters. The molecule has 5 aromatic rings. The molecule has 0 aliphatic carbocycles. The Hall–Kier alpha value is -4.01. The Morgan fingerprint density at radius 3 is 2.61 bits per heavy atom. The summed E-state index contributed by atoms with van der Waals surface area (Å²) in [6, 6.07) is 20.7. The van der Waals surface area contributed by atoms with Gasteiger partial charge in [-0.1, -0.05) is 41.9 Å². The predicted octanol–water partition coefficient (Wildman–Crippen LogP) is 6.38. The number of carbonyl (C=O) groups is 1. The Labute approximate surface area is 216 Å². The van der Waals surface area contributed by atoms with Gasteiger partial charge in [-0.15, -0.1) is 11.3 Å². The lowest BCUT2D eigenvalue weighted by molar-refractivity contribution is 0.103. The summed E-state index contributed by atoms with van der Waals surface area (Å²) in [5.41, 5.74) is 3.63. The maximum atomic E-state index is 12.8. The van der Waals surface area contributed by atoms with Crippen molar-refractivity contribution in [2.45, 2.75) is 13.1 Å². The molecule has 0 fully saturated rings. The molecule has 0 spiro atoms. The number of halogens is 1. The number of aromatic nitrogens is 2. The first-order valence-corrected chi connectivity index (χ1v) is 12.4. The minimum atomic E-state index is -0.275. The van der Waals surface area contributed by atoms with E-state index in [1.807, 2.05) is 30.3 Å². The number of anilines is 2. The van der Waals surface area contributed by atoms with E-state index in [0.717, 1.165) is 16.8 Å². The number of aromatic hydroxyl groups is 1. The number of hydrogen-bond acceptors (Lipinski definition) is 6.